The van der Waals surface area contributed by atoms with Gasteiger partial charge in [0.25, 0.3) is 0 Å². The van der Waals surface area contributed by atoms with Crippen LogP contribution in [-0.4, -0.2) is 30.1 Å². The van der Waals surface area contributed by atoms with E-state index in [4.69, 9.17) is 4.74 Å². The molecule has 9 fully saturated rings. The average Bonchev–Trinajstić information content (AvgIpc) is 3.52. The van der Waals surface area contributed by atoms with Gasteiger partial charge in [-0.15, -0.1) is 0 Å². The van der Waals surface area contributed by atoms with Crippen LogP contribution in [0.25, 0.3) is 0 Å². The van der Waals surface area contributed by atoms with E-state index in [1.165, 1.54) is 62.5 Å². The lowest BCUT2D eigenvalue weighted by Gasteiger charge is -2.68. The highest BCUT2D eigenvalue weighted by molar-refractivity contribution is 5.92. The molecule has 0 aliphatic heterocycles. The van der Waals surface area contributed by atoms with E-state index in [1.807, 2.05) is 13.2 Å². The fraction of sp³-hybridized carbons (Fsp3) is 0.837. The van der Waals surface area contributed by atoms with E-state index >= 15 is 4.79 Å². The van der Waals surface area contributed by atoms with Crippen molar-refractivity contribution < 1.29 is 19.1 Å². The normalized spacial score (nSPS) is 58.6. The quantitative estimate of drug-likeness (QED) is 0.288. The Kier molecular flexibility index (Phi) is 5.94. The van der Waals surface area contributed by atoms with Crippen molar-refractivity contribution in [2.45, 2.75) is 136 Å². The van der Waals surface area contributed by atoms with Gasteiger partial charge in [0.15, 0.2) is 11.6 Å². The second-order valence-corrected chi connectivity index (χ2v) is 20.1. The SMILES string of the molecule is CO[C@]12CC(=O)[C@@]3([C@H](C[C@H]4[C@H]5CCC6=CC(=O)CC[C@@]6(C)[C@@H]5CC[C@]43C)C1)[C@@H]1C[C@H]3[C@@H]4CCC5=CC(=O)CC[C@]5(C)[C@H]4CC[C@]3(C)[C@H]12. The van der Waals surface area contributed by atoms with Crippen LogP contribution in [0, 0.1) is 80.3 Å². The van der Waals surface area contributed by atoms with Crippen LogP contribution in [0.4, 0.5) is 0 Å². The summed E-state index contributed by atoms with van der Waals surface area (Å²) in [6.07, 6.45) is 21.3. The summed E-state index contributed by atoms with van der Waals surface area (Å²) < 4.78 is 6.81. The van der Waals surface area contributed by atoms with E-state index in [2.05, 4.69) is 33.8 Å². The van der Waals surface area contributed by atoms with Crippen molar-refractivity contribution in [2.75, 3.05) is 7.11 Å². The number of ether oxygens (including phenoxy) is 1. The number of ketones is 3. The highest BCUT2D eigenvalue weighted by Crippen LogP contribution is 2.84. The maximum absolute atomic E-state index is 15.2. The molecule has 0 aromatic carbocycles. The maximum atomic E-state index is 15.2. The molecule has 0 aromatic heterocycles. The number of methoxy groups -OCH3 is 1. The Labute approximate surface area is 282 Å². The second kappa shape index (κ2) is 9.21. The Hall–Kier alpha value is -1.55. The number of carbonyl (C=O) groups is 3. The van der Waals surface area contributed by atoms with E-state index in [-0.39, 0.29) is 32.7 Å². The highest BCUT2D eigenvalue weighted by atomic mass is 16.5. The molecule has 4 heteroatoms. The molecule has 0 N–H and O–H groups in total. The zero-order valence-electron chi connectivity index (χ0n) is 29.8. The van der Waals surface area contributed by atoms with Crippen LogP contribution in [0.3, 0.4) is 0 Å². The van der Waals surface area contributed by atoms with Crippen LogP contribution >= 0.6 is 0 Å². The van der Waals surface area contributed by atoms with Crippen LogP contribution < -0.4 is 0 Å². The first kappa shape index (κ1) is 30.3. The monoisotopic (exact) mass is 638 g/mol. The molecule has 1 spiro atoms. The summed E-state index contributed by atoms with van der Waals surface area (Å²) in [5.74, 6) is 6.64. The fourth-order valence-corrected chi connectivity index (χ4v) is 18.0. The minimum atomic E-state index is -0.299. The zero-order valence-corrected chi connectivity index (χ0v) is 29.8. The van der Waals surface area contributed by atoms with Crippen LogP contribution in [0.1, 0.15) is 130 Å². The summed E-state index contributed by atoms with van der Waals surface area (Å²) in [7, 11) is 1.96. The summed E-state index contributed by atoms with van der Waals surface area (Å²) in [5, 5.41) is 0. The summed E-state index contributed by atoms with van der Waals surface area (Å²) in [5.41, 5.74) is 3.06. The van der Waals surface area contributed by atoms with Gasteiger partial charge in [-0.2, -0.15) is 0 Å². The number of hydrogen-bond donors (Lipinski definition) is 0. The highest BCUT2D eigenvalue weighted by Gasteiger charge is 2.83. The molecule has 11 aliphatic carbocycles. The number of Topliss-reactive ketones (excluding diaryl/α,β-unsaturated/α-hetero) is 1. The third-order valence-corrected chi connectivity index (χ3v) is 19.6. The Balaban J connectivity index is 1.06. The van der Waals surface area contributed by atoms with Gasteiger partial charge in [0, 0.05) is 31.8 Å². The number of hydrogen-bond acceptors (Lipinski definition) is 4. The van der Waals surface area contributed by atoms with E-state index in [0.717, 1.165) is 38.5 Å². The van der Waals surface area contributed by atoms with Crippen molar-refractivity contribution in [1.82, 2.24) is 0 Å². The van der Waals surface area contributed by atoms with Crippen LogP contribution in [0.2, 0.25) is 0 Å². The van der Waals surface area contributed by atoms with Gasteiger partial charge >= 0.3 is 0 Å². The third-order valence-electron chi connectivity index (χ3n) is 19.6. The van der Waals surface area contributed by atoms with Gasteiger partial charge in [-0.25, -0.2) is 0 Å². The molecule has 254 valence electrons. The van der Waals surface area contributed by atoms with Gasteiger partial charge in [0.2, 0.25) is 0 Å². The molecule has 2 bridgehead atoms. The van der Waals surface area contributed by atoms with Crippen LogP contribution in [0.5, 0.6) is 0 Å². The van der Waals surface area contributed by atoms with Gasteiger partial charge in [-0.05, 0) is 171 Å². The van der Waals surface area contributed by atoms with Crippen molar-refractivity contribution in [3.8, 4) is 0 Å². The summed E-state index contributed by atoms with van der Waals surface area (Å²) in [6.45, 7) is 10.3. The van der Waals surface area contributed by atoms with Crippen molar-refractivity contribution in [3.05, 3.63) is 23.3 Å². The van der Waals surface area contributed by atoms with Crippen molar-refractivity contribution in [1.29, 1.82) is 0 Å². The molecule has 4 nitrogen and oxygen atoms in total. The molecule has 9 saturated carbocycles. The lowest BCUT2D eigenvalue weighted by atomic mass is 9.36. The van der Waals surface area contributed by atoms with Gasteiger partial charge in [0.05, 0.1) is 5.60 Å². The number of allylic oxidation sites excluding steroid dienone is 2. The molecule has 0 aromatic rings. The molecule has 11 rings (SSSR count). The molecule has 47 heavy (non-hydrogen) atoms. The first-order chi connectivity index (χ1) is 22.4. The molecule has 15 atom stereocenters. The van der Waals surface area contributed by atoms with Gasteiger partial charge in [0.1, 0.15) is 5.78 Å². The summed E-state index contributed by atoms with van der Waals surface area (Å²) in [4.78, 5) is 40.2. The molecule has 0 unspecified atom stereocenters. The molecule has 0 radical (unpaired) electrons. The second-order valence-electron chi connectivity index (χ2n) is 20.1. The fourth-order valence-electron chi connectivity index (χ4n) is 18.0. The van der Waals surface area contributed by atoms with Crippen molar-refractivity contribution in [3.63, 3.8) is 0 Å². The molecule has 0 heterocycles. The topological polar surface area (TPSA) is 60.4 Å². The van der Waals surface area contributed by atoms with E-state index < -0.39 is 0 Å². The average molecular weight is 639 g/mol. The van der Waals surface area contributed by atoms with Crippen LogP contribution in [0.15, 0.2) is 23.3 Å². The zero-order chi connectivity index (χ0) is 32.5. The third kappa shape index (κ3) is 3.27. The smallest absolute Gasteiger partial charge is 0.155 e. The lowest BCUT2D eigenvalue weighted by molar-refractivity contribution is -0.242. The maximum Gasteiger partial charge on any atom is 0.155 e. The van der Waals surface area contributed by atoms with Crippen molar-refractivity contribution in [2.24, 2.45) is 80.3 Å². The van der Waals surface area contributed by atoms with Gasteiger partial charge in [-0.3, -0.25) is 14.4 Å². The Morgan fingerprint density at radius 1 is 0.660 bits per heavy atom. The van der Waals surface area contributed by atoms with Gasteiger partial charge < -0.3 is 4.74 Å². The summed E-state index contributed by atoms with van der Waals surface area (Å²) in [6, 6.07) is 0. The van der Waals surface area contributed by atoms with Crippen molar-refractivity contribution >= 4 is 17.3 Å². The van der Waals surface area contributed by atoms with Gasteiger partial charge in [-0.1, -0.05) is 38.8 Å². The Morgan fingerprint density at radius 3 is 1.87 bits per heavy atom. The van der Waals surface area contributed by atoms with Crippen LogP contribution in [-0.2, 0) is 19.1 Å². The number of fused-ring (bicyclic) bond motifs is 11. The molecular weight excluding hydrogens is 580 g/mol. The first-order valence-electron chi connectivity index (χ1n) is 19.9. The lowest BCUT2D eigenvalue weighted by Crippen LogP contribution is -2.71. The van der Waals surface area contributed by atoms with E-state index in [9.17, 15) is 9.59 Å². The predicted molar refractivity (Wildman–Crippen MR) is 181 cm³/mol. The Bertz CT molecular complexity index is 1550. The largest absolute Gasteiger partial charge is 0.377 e. The summed E-state index contributed by atoms with van der Waals surface area (Å²) >= 11 is 0. The standard InChI is InChI=1S/C43H58O4/c1-38-14-10-27(44)18-24(38)6-8-29-31(38)12-16-40(3)33(29)21-35-37(40)42(47-5)22-26-20-34-30-9-7-25-19-28(45)11-15-39(25,2)32(30)13-17-41(34,4)43(26,35)36(46)23-42/h18-19,26,29-35,37H,6-17,20-23H2,1-5H3/t26-,29-,30+,31+,32-,33+,34+,35-,37+,38+,39-,40+,41-,42+,43-/m1/s1. The predicted octanol–water partition coefficient (Wildman–Crippen LogP) is 8.87. The molecule has 0 amide bonds. The minimum Gasteiger partial charge on any atom is -0.377 e. The Morgan fingerprint density at radius 2 is 1.26 bits per heavy atom. The molecule has 0 saturated heterocycles. The van der Waals surface area contributed by atoms with E-state index in [1.54, 1.807) is 0 Å². The molecule has 11 aliphatic rings. The first-order valence-corrected chi connectivity index (χ1v) is 19.9. The molecular formula is C43H58O4. The number of rotatable bonds is 1. The van der Waals surface area contributed by atoms with E-state index in [0.29, 0.717) is 83.5 Å². The number of carbonyl (C=O) groups excluding carboxylic acids is 3. The minimum absolute atomic E-state index is 0.0721.